The highest BCUT2D eigenvalue weighted by Crippen LogP contribution is 2.30. The lowest BCUT2D eigenvalue weighted by molar-refractivity contribution is 0.686. The molecule has 1 aliphatic heterocycles. The number of imidazole rings is 2. The zero-order valence-corrected chi connectivity index (χ0v) is 14.2. The maximum absolute atomic E-state index is 4.58. The molecule has 0 unspecified atom stereocenters. The number of hydrogen-bond acceptors (Lipinski definition) is 6. The third-order valence-electron chi connectivity index (χ3n) is 4.80. The van der Waals surface area contributed by atoms with Crippen molar-refractivity contribution in [2.75, 3.05) is 10.9 Å². The highest BCUT2D eigenvalue weighted by Gasteiger charge is 2.28. The summed E-state index contributed by atoms with van der Waals surface area (Å²) in [6, 6.07) is 2.22. The second-order valence-electron chi connectivity index (χ2n) is 6.36. The van der Waals surface area contributed by atoms with Crippen LogP contribution in [0.5, 0.6) is 0 Å². The summed E-state index contributed by atoms with van der Waals surface area (Å²) < 4.78 is 2.37. The topological polar surface area (TPSA) is 111 Å². The number of H-pyrrole nitrogens is 2. The quantitative estimate of drug-likeness (QED) is 0.542. The average molecular weight is 349 g/mol. The van der Waals surface area contributed by atoms with E-state index in [0.717, 1.165) is 43.7 Å². The molecule has 132 valence electrons. The van der Waals surface area contributed by atoms with E-state index in [-0.39, 0.29) is 0 Å². The van der Waals surface area contributed by atoms with Crippen molar-refractivity contribution in [2.24, 2.45) is 10.2 Å². The molecule has 4 N–H and O–H groups in total. The summed E-state index contributed by atoms with van der Waals surface area (Å²) in [5.41, 5.74) is 11.9. The van der Waals surface area contributed by atoms with Crippen LogP contribution in [0.25, 0.3) is 0 Å². The first-order valence-corrected chi connectivity index (χ1v) is 8.75. The largest absolute Gasteiger partial charge is 0.342 e. The van der Waals surface area contributed by atoms with Gasteiger partial charge in [0.25, 0.3) is 0 Å². The van der Waals surface area contributed by atoms with Gasteiger partial charge in [-0.1, -0.05) is 0 Å². The lowest BCUT2D eigenvalue weighted by Gasteiger charge is -2.16. The molecule has 0 bridgehead atoms. The molecular weight excluding hydrogens is 330 g/mol. The molecular formula is C17H19N9. The molecule has 0 fully saturated rings. The molecule has 0 amide bonds. The van der Waals surface area contributed by atoms with Gasteiger partial charge in [-0.25, -0.2) is 20.8 Å². The average Bonchev–Trinajstić information content (AvgIpc) is 3.43. The Kier molecular flexibility index (Phi) is 3.55. The van der Waals surface area contributed by atoms with Gasteiger partial charge in [0.2, 0.25) is 11.9 Å². The summed E-state index contributed by atoms with van der Waals surface area (Å²) >= 11 is 0. The summed E-state index contributed by atoms with van der Waals surface area (Å²) in [4.78, 5) is 14.3. The van der Waals surface area contributed by atoms with E-state index in [0.29, 0.717) is 11.9 Å². The van der Waals surface area contributed by atoms with Gasteiger partial charge in [-0.05, 0) is 25.3 Å². The second-order valence-corrected chi connectivity index (χ2v) is 6.36. The number of aromatic nitrogens is 5. The van der Waals surface area contributed by atoms with E-state index in [1.807, 2.05) is 0 Å². The van der Waals surface area contributed by atoms with Gasteiger partial charge in [0, 0.05) is 49.0 Å². The van der Waals surface area contributed by atoms with Crippen LogP contribution < -0.4 is 10.9 Å². The predicted octanol–water partition coefficient (Wildman–Crippen LogP) is 2.31. The Hall–Kier alpha value is -3.36. The van der Waals surface area contributed by atoms with Gasteiger partial charge in [0.05, 0.1) is 17.1 Å². The van der Waals surface area contributed by atoms with E-state index in [2.05, 4.69) is 51.6 Å². The SMILES string of the molecule is c1c[nH]c(N/N=C2/CCn3c2cc2c3CCC/C2=N\Nc2ncc[nH]2)n1. The van der Waals surface area contributed by atoms with Crippen molar-refractivity contribution in [3.8, 4) is 0 Å². The Balaban J connectivity index is 1.44. The van der Waals surface area contributed by atoms with E-state index in [1.165, 1.54) is 17.0 Å². The van der Waals surface area contributed by atoms with E-state index in [9.17, 15) is 0 Å². The molecule has 5 rings (SSSR count). The van der Waals surface area contributed by atoms with E-state index < -0.39 is 0 Å². The number of aromatic amines is 2. The number of hydrogen-bond donors (Lipinski definition) is 4. The van der Waals surface area contributed by atoms with Gasteiger partial charge in [-0.3, -0.25) is 0 Å². The smallest absolute Gasteiger partial charge is 0.220 e. The fourth-order valence-electron chi connectivity index (χ4n) is 3.63. The van der Waals surface area contributed by atoms with Crippen LogP contribution >= 0.6 is 0 Å². The van der Waals surface area contributed by atoms with Crippen LogP contribution in [0.4, 0.5) is 11.9 Å². The summed E-state index contributed by atoms with van der Waals surface area (Å²) in [6.07, 6.45) is 11.0. The molecule has 2 aliphatic rings. The molecule has 0 spiro atoms. The first-order valence-electron chi connectivity index (χ1n) is 8.75. The molecule has 26 heavy (non-hydrogen) atoms. The van der Waals surface area contributed by atoms with Gasteiger partial charge in [-0.15, -0.1) is 0 Å². The van der Waals surface area contributed by atoms with Gasteiger partial charge in [0.1, 0.15) is 0 Å². The van der Waals surface area contributed by atoms with Gasteiger partial charge in [0.15, 0.2) is 0 Å². The Morgan fingerprint density at radius 2 is 1.65 bits per heavy atom. The van der Waals surface area contributed by atoms with Crippen molar-refractivity contribution < 1.29 is 0 Å². The van der Waals surface area contributed by atoms with Crippen LogP contribution in [0.2, 0.25) is 0 Å². The van der Waals surface area contributed by atoms with Crippen molar-refractivity contribution in [2.45, 2.75) is 32.2 Å². The second kappa shape index (κ2) is 6.17. The Morgan fingerprint density at radius 1 is 0.923 bits per heavy atom. The van der Waals surface area contributed by atoms with Gasteiger partial charge < -0.3 is 14.5 Å². The summed E-state index contributed by atoms with van der Waals surface area (Å²) in [7, 11) is 0. The third-order valence-corrected chi connectivity index (χ3v) is 4.80. The van der Waals surface area contributed by atoms with Crippen molar-refractivity contribution in [1.29, 1.82) is 0 Å². The third kappa shape index (κ3) is 2.57. The fraction of sp³-hybridized carbons (Fsp3) is 0.294. The summed E-state index contributed by atoms with van der Waals surface area (Å²) in [5.74, 6) is 1.30. The maximum Gasteiger partial charge on any atom is 0.220 e. The molecule has 9 nitrogen and oxygen atoms in total. The standard InChI is InChI=1S/C17H19N9/c1-2-12(22-24-16-18-5-6-19-16)11-10-15-13(4-9-26(15)14(11)3-1)23-25-17-20-7-8-21-17/h5-8,10H,1-4,9H2,(H2,18,19,24)(H2,20,21,25)/b22-12+,23-13-. The number of anilines is 2. The van der Waals surface area contributed by atoms with Crippen LogP contribution in [-0.2, 0) is 13.0 Å². The van der Waals surface area contributed by atoms with E-state index in [4.69, 9.17) is 0 Å². The predicted molar refractivity (Wildman–Crippen MR) is 99.5 cm³/mol. The fourth-order valence-corrected chi connectivity index (χ4v) is 3.63. The van der Waals surface area contributed by atoms with Gasteiger partial charge in [-0.2, -0.15) is 10.2 Å². The molecule has 3 aromatic rings. The molecule has 0 saturated heterocycles. The molecule has 9 heteroatoms. The highest BCUT2D eigenvalue weighted by molar-refractivity contribution is 6.08. The molecule has 1 aliphatic carbocycles. The minimum atomic E-state index is 0.650. The van der Waals surface area contributed by atoms with Crippen molar-refractivity contribution in [1.82, 2.24) is 24.5 Å². The zero-order chi connectivity index (χ0) is 17.3. The van der Waals surface area contributed by atoms with Crippen LogP contribution in [-0.4, -0.2) is 35.9 Å². The van der Waals surface area contributed by atoms with E-state index >= 15 is 0 Å². The maximum atomic E-state index is 4.58. The highest BCUT2D eigenvalue weighted by atomic mass is 15.4. The van der Waals surface area contributed by atoms with Crippen molar-refractivity contribution in [3.63, 3.8) is 0 Å². The molecule has 4 heterocycles. The Bertz CT molecular complexity index is 960. The normalized spacial score (nSPS) is 18.9. The minimum absolute atomic E-state index is 0.650. The number of fused-ring (bicyclic) bond motifs is 3. The zero-order valence-electron chi connectivity index (χ0n) is 14.2. The molecule has 3 aromatic heterocycles. The number of nitrogens with one attached hydrogen (secondary N) is 4. The minimum Gasteiger partial charge on any atom is -0.342 e. The molecule has 0 radical (unpaired) electrons. The van der Waals surface area contributed by atoms with Crippen LogP contribution in [0.1, 0.15) is 36.2 Å². The molecule has 0 aromatic carbocycles. The first kappa shape index (κ1) is 14.9. The van der Waals surface area contributed by atoms with Crippen LogP contribution in [0.15, 0.2) is 41.1 Å². The number of hydrazone groups is 2. The van der Waals surface area contributed by atoms with Crippen LogP contribution in [0, 0.1) is 0 Å². The number of nitrogens with zero attached hydrogens (tertiary/aromatic N) is 5. The molecule has 0 atom stereocenters. The van der Waals surface area contributed by atoms with Crippen molar-refractivity contribution in [3.05, 3.63) is 47.8 Å². The Labute approximate surface area is 149 Å². The Morgan fingerprint density at radius 3 is 2.35 bits per heavy atom. The first-order chi connectivity index (χ1) is 12.9. The lowest BCUT2D eigenvalue weighted by atomic mass is 9.95. The number of rotatable bonds is 4. The van der Waals surface area contributed by atoms with Gasteiger partial charge >= 0.3 is 0 Å². The summed E-state index contributed by atoms with van der Waals surface area (Å²) in [6.45, 7) is 0.961. The van der Waals surface area contributed by atoms with E-state index in [1.54, 1.807) is 24.8 Å². The molecule has 0 saturated carbocycles. The lowest BCUT2D eigenvalue weighted by Crippen LogP contribution is -2.15. The van der Waals surface area contributed by atoms with Crippen molar-refractivity contribution >= 4 is 23.3 Å². The monoisotopic (exact) mass is 349 g/mol. The van der Waals surface area contributed by atoms with Crippen LogP contribution in [0.3, 0.4) is 0 Å². The summed E-state index contributed by atoms with van der Waals surface area (Å²) in [5, 5.41) is 9.12.